The molecule has 0 unspecified atom stereocenters. The molecule has 2 heterocycles. The number of anilines is 1. The zero-order chi connectivity index (χ0) is 19.7. The molecular formula is C20H18N4O2S2. The number of nitrogens with one attached hydrogen (secondary N) is 1. The van der Waals surface area contributed by atoms with E-state index >= 15 is 0 Å². The van der Waals surface area contributed by atoms with Crippen LogP contribution in [0.1, 0.15) is 10.6 Å². The van der Waals surface area contributed by atoms with Gasteiger partial charge in [-0.3, -0.25) is 0 Å². The third-order valence-electron chi connectivity index (χ3n) is 4.36. The van der Waals surface area contributed by atoms with Crippen molar-refractivity contribution in [1.82, 2.24) is 15.0 Å². The van der Waals surface area contributed by atoms with E-state index in [0.717, 1.165) is 21.1 Å². The number of thiazole rings is 1. The Morgan fingerprint density at radius 1 is 1.07 bits per heavy atom. The molecule has 2 aromatic carbocycles. The van der Waals surface area contributed by atoms with Crippen LogP contribution < -0.4 is 5.32 Å². The van der Waals surface area contributed by atoms with E-state index in [0.29, 0.717) is 23.3 Å². The molecule has 28 heavy (non-hydrogen) atoms. The number of sulfone groups is 1. The number of rotatable bonds is 5. The Hall–Kier alpha value is -2.84. The van der Waals surface area contributed by atoms with E-state index < -0.39 is 9.84 Å². The molecule has 0 aliphatic rings. The second-order valence-corrected chi connectivity index (χ2v) is 9.52. The van der Waals surface area contributed by atoms with E-state index in [9.17, 15) is 8.42 Å². The van der Waals surface area contributed by atoms with Gasteiger partial charge in [-0.2, -0.15) is 0 Å². The molecule has 0 atom stereocenters. The Bertz CT molecular complexity index is 1250. The summed E-state index contributed by atoms with van der Waals surface area (Å²) in [6, 6.07) is 14.9. The van der Waals surface area contributed by atoms with E-state index in [1.807, 2.05) is 37.3 Å². The number of nitrogens with zero attached hydrogens (tertiary/aromatic N) is 3. The molecule has 1 N–H and O–H groups in total. The minimum Gasteiger partial charge on any atom is -0.364 e. The van der Waals surface area contributed by atoms with Crippen molar-refractivity contribution in [3.05, 3.63) is 65.4 Å². The summed E-state index contributed by atoms with van der Waals surface area (Å²) in [6.07, 6.45) is 2.66. The fourth-order valence-corrected chi connectivity index (χ4v) is 4.52. The fraction of sp³-hybridized carbons (Fsp3) is 0.150. The highest BCUT2D eigenvalue weighted by Crippen LogP contribution is 2.29. The third-order valence-corrected chi connectivity index (χ3v) is 6.68. The molecule has 8 heteroatoms. The number of aromatic nitrogens is 3. The average molecular weight is 411 g/mol. The second-order valence-electron chi connectivity index (χ2n) is 6.42. The van der Waals surface area contributed by atoms with Gasteiger partial charge in [0.05, 0.1) is 22.7 Å². The Kier molecular flexibility index (Phi) is 4.82. The SMILES string of the molecule is Cc1nc(-c2ccccc2)sc1CNc1ncnc2ccc(S(C)(=O)=O)cc12. The van der Waals surface area contributed by atoms with Gasteiger partial charge in [-0.1, -0.05) is 30.3 Å². The van der Waals surface area contributed by atoms with E-state index in [4.69, 9.17) is 0 Å². The number of hydrogen-bond acceptors (Lipinski definition) is 7. The van der Waals surface area contributed by atoms with E-state index in [2.05, 4.69) is 20.3 Å². The summed E-state index contributed by atoms with van der Waals surface area (Å²) in [5.74, 6) is 0.601. The van der Waals surface area contributed by atoms with Crippen LogP contribution in [0.2, 0.25) is 0 Å². The van der Waals surface area contributed by atoms with Gasteiger partial charge in [0.15, 0.2) is 9.84 Å². The minimum atomic E-state index is -3.30. The highest BCUT2D eigenvalue weighted by Gasteiger charge is 2.13. The quantitative estimate of drug-likeness (QED) is 0.534. The van der Waals surface area contributed by atoms with Crippen LogP contribution in [0, 0.1) is 6.92 Å². The molecule has 0 radical (unpaired) electrons. The Balaban J connectivity index is 1.64. The molecular weight excluding hydrogens is 392 g/mol. The molecule has 0 spiro atoms. The molecule has 0 aliphatic carbocycles. The smallest absolute Gasteiger partial charge is 0.175 e. The topological polar surface area (TPSA) is 84.8 Å². The van der Waals surface area contributed by atoms with E-state index in [1.54, 1.807) is 29.5 Å². The predicted octanol–water partition coefficient (Wildman–Crippen LogP) is 4.08. The molecule has 0 saturated heterocycles. The summed E-state index contributed by atoms with van der Waals surface area (Å²) in [5.41, 5.74) is 2.74. The van der Waals surface area contributed by atoms with Gasteiger partial charge >= 0.3 is 0 Å². The van der Waals surface area contributed by atoms with Crippen LogP contribution in [-0.2, 0) is 16.4 Å². The largest absolute Gasteiger partial charge is 0.364 e. The summed E-state index contributed by atoms with van der Waals surface area (Å²) in [6.45, 7) is 2.53. The maximum atomic E-state index is 11.9. The lowest BCUT2D eigenvalue weighted by Gasteiger charge is -2.08. The van der Waals surface area contributed by atoms with Crippen molar-refractivity contribution in [3.63, 3.8) is 0 Å². The summed E-state index contributed by atoms with van der Waals surface area (Å²) >= 11 is 1.63. The summed E-state index contributed by atoms with van der Waals surface area (Å²) in [5, 5.41) is 4.96. The maximum Gasteiger partial charge on any atom is 0.175 e. The normalized spacial score (nSPS) is 11.6. The number of hydrogen-bond donors (Lipinski definition) is 1. The summed E-state index contributed by atoms with van der Waals surface area (Å²) in [4.78, 5) is 14.6. The van der Waals surface area contributed by atoms with Crippen LogP contribution in [0.5, 0.6) is 0 Å². The monoisotopic (exact) mass is 410 g/mol. The maximum absolute atomic E-state index is 11.9. The third kappa shape index (κ3) is 3.74. The first kappa shape index (κ1) is 18.5. The first-order chi connectivity index (χ1) is 13.4. The molecule has 6 nitrogen and oxygen atoms in total. The molecule has 0 amide bonds. The van der Waals surface area contributed by atoms with Crippen LogP contribution in [0.15, 0.2) is 59.8 Å². The molecule has 0 aliphatic heterocycles. The van der Waals surface area contributed by atoms with Crippen molar-refractivity contribution in [2.45, 2.75) is 18.4 Å². The number of benzene rings is 2. The van der Waals surface area contributed by atoms with Gasteiger partial charge in [0.25, 0.3) is 0 Å². The van der Waals surface area contributed by atoms with Crippen molar-refractivity contribution < 1.29 is 8.42 Å². The van der Waals surface area contributed by atoms with Crippen LogP contribution in [-0.4, -0.2) is 29.6 Å². The lowest BCUT2D eigenvalue weighted by Crippen LogP contribution is -2.03. The summed E-state index contributed by atoms with van der Waals surface area (Å²) < 4.78 is 23.8. The Labute approximate surface area is 167 Å². The minimum absolute atomic E-state index is 0.248. The second kappa shape index (κ2) is 7.29. The van der Waals surface area contributed by atoms with Gasteiger partial charge in [-0.05, 0) is 25.1 Å². The molecule has 0 saturated carbocycles. The van der Waals surface area contributed by atoms with E-state index in [-0.39, 0.29) is 4.90 Å². The van der Waals surface area contributed by atoms with Crippen molar-refractivity contribution in [3.8, 4) is 10.6 Å². The van der Waals surface area contributed by atoms with Crippen LogP contribution in [0.25, 0.3) is 21.5 Å². The first-order valence-corrected chi connectivity index (χ1v) is 11.3. The van der Waals surface area contributed by atoms with E-state index in [1.165, 1.54) is 12.6 Å². The molecule has 4 rings (SSSR count). The Morgan fingerprint density at radius 3 is 2.61 bits per heavy atom. The lowest BCUT2D eigenvalue weighted by atomic mass is 10.2. The number of aryl methyl sites for hydroxylation is 1. The van der Waals surface area contributed by atoms with Gasteiger partial charge in [-0.15, -0.1) is 11.3 Å². The molecule has 4 aromatic rings. The highest BCUT2D eigenvalue weighted by atomic mass is 32.2. The lowest BCUT2D eigenvalue weighted by molar-refractivity contribution is 0.602. The zero-order valence-corrected chi connectivity index (χ0v) is 17.0. The highest BCUT2D eigenvalue weighted by molar-refractivity contribution is 7.90. The predicted molar refractivity (Wildman–Crippen MR) is 112 cm³/mol. The van der Waals surface area contributed by atoms with Crippen molar-refractivity contribution in [2.24, 2.45) is 0 Å². The first-order valence-electron chi connectivity index (χ1n) is 8.62. The fourth-order valence-electron chi connectivity index (χ4n) is 2.87. The zero-order valence-electron chi connectivity index (χ0n) is 15.4. The van der Waals surface area contributed by atoms with Gasteiger partial charge in [0, 0.05) is 22.1 Å². The molecule has 2 aromatic heterocycles. The van der Waals surface area contributed by atoms with Gasteiger partial charge in [-0.25, -0.2) is 23.4 Å². The molecule has 0 bridgehead atoms. The van der Waals surface area contributed by atoms with Crippen molar-refractivity contribution in [1.29, 1.82) is 0 Å². The standard InChI is InChI=1S/C20H18N4O2S2/c1-13-18(27-20(24-13)14-6-4-3-5-7-14)11-21-19-16-10-15(28(2,25)26)8-9-17(16)22-12-23-19/h3-10,12H,11H2,1-2H3,(H,21,22,23). The van der Waals surface area contributed by atoms with Crippen LogP contribution >= 0.6 is 11.3 Å². The van der Waals surface area contributed by atoms with Crippen molar-refractivity contribution >= 4 is 37.9 Å². The van der Waals surface area contributed by atoms with Crippen molar-refractivity contribution in [2.75, 3.05) is 11.6 Å². The molecule has 142 valence electrons. The van der Waals surface area contributed by atoms with Crippen LogP contribution in [0.3, 0.4) is 0 Å². The Morgan fingerprint density at radius 2 is 1.86 bits per heavy atom. The van der Waals surface area contributed by atoms with Gasteiger partial charge < -0.3 is 5.32 Å². The van der Waals surface area contributed by atoms with Gasteiger partial charge in [0.1, 0.15) is 17.2 Å². The average Bonchev–Trinajstić information content (AvgIpc) is 3.06. The van der Waals surface area contributed by atoms with Gasteiger partial charge in [0.2, 0.25) is 0 Å². The molecule has 0 fully saturated rings. The summed E-state index contributed by atoms with van der Waals surface area (Å²) in [7, 11) is -3.30. The van der Waals surface area contributed by atoms with Crippen LogP contribution in [0.4, 0.5) is 5.82 Å². The number of fused-ring (bicyclic) bond motifs is 1.